The van der Waals surface area contributed by atoms with Crippen LogP contribution in [0.3, 0.4) is 0 Å². The van der Waals surface area contributed by atoms with Crippen molar-refractivity contribution >= 4 is 6.01 Å². The lowest BCUT2D eigenvalue weighted by Crippen LogP contribution is -2.39. The summed E-state index contributed by atoms with van der Waals surface area (Å²) in [6.45, 7) is 12.6. The van der Waals surface area contributed by atoms with Gasteiger partial charge in [-0.3, -0.25) is 0 Å². The van der Waals surface area contributed by atoms with E-state index >= 15 is 0 Å². The minimum Gasteiger partial charge on any atom is -0.432 e. The summed E-state index contributed by atoms with van der Waals surface area (Å²) >= 11 is 0. The Morgan fingerprint density at radius 3 is 2.65 bits per heavy atom. The highest BCUT2D eigenvalue weighted by Crippen LogP contribution is 2.26. The van der Waals surface area contributed by atoms with Crippen LogP contribution in [0.1, 0.15) is 40.3 Å². The molecule has 0 aliphatic carbocycles. The summed E-state index contributed by atoms with van der Waals surface area (Å²) in [6.07, 6.45) is 1.73. The fourth-order valence-electron chi connectivity index (χ4n) is 1.54. The molecule has 0 aliphatic heterocycles. The standard InChI is InChI=1S/C13H25N3O/c1-7-14-8-11-9-17-12(15-11)16(6)10(2)13(3,4)5/h9-10,14H,7-8H2,1-6H3. The molecule has 4 heteroatoms. The molecule has 1 N–H and O–H groups in total. The van der Waals surface area contributed by atoms with E-state index in [-0.39, 0.29) is 5.41 Å². The van der Waals surface area contributed by atoms with E-state index in [1.54, 1.807) is 6.26 Å². The molecule has 17 heavy (non-hydrogen) atoms. The molecule has 0 aliphatic rings. The monoisotopic (exact) mass is 239 g/mol. The van der Waals surface area contributed by atoms with Crippen LogP contribution in [0.25, 0.3) is 0 Å². The van der Waals surface area contributed by atoms with Crippen LogP contribution in [0.2, 0.25) is 0 Å². The predicted octanol–water partition coefficient (Wildman–Crippen LogP) is 2.65. The first-order valence-electron chi connectivity index (χ1n) is 6.24. The molecule has 1 heterocycles. The number of rotatable bonds is 5. The van der Waals surface area contributed by atoms with Crippen LogP contribution in [0, 0.1) is 5.41 Å². The van der Waals surface area contributed by atoms with Gasteiger partial charge in [-0.15, -0.1) is 0 Å². The fourth-order valence-corrected chi connectivity index (χ4v) is 1.54. The Labute approximate surface area is 104 Å². The van der Waals surface area contributed by atoms with E-state index in [1.807, 2.05) is 7.05 Å². The molecule has 1 unspecified atom stereocenters. The molecular weight excluding hydrogens is 214 g/mol. The first-order valence-corrected chi connectivity index (χ1v) is 6.24. The third-order valence-corrected chi connectivity index (χ3v) is 3.23. The van der Waals surface area contributed by atoms with Gasteiger partial charge in [0.1, 0.15) is 6.26 Å². The van der Waals surface area contributed by atoms with Gasteiger partial charge in [0, 0.05) is 19.6 Å². The van der Waals surface area contributed by atoms with Gasteiger partial charge in [0.25, 0.3) is 6.01 Å². The van der Waals surface area contributed by atoms with Crippen LogP contribution in [-0.4, -0.2) is 24.6 Å². The second kappa shape index (κ2) is 5.54. The van der Waals surface area contributed by atoms with E-state index in [4.69, 9.17) is 4.42 Å². The summed E-state index contributed by atoms with van der Waals surface area (Å²) in [4.78, 5) is 6.57. The van der Waals surface area contributed by atoms with E-state index < -0.39 is 0 Å². The number of anilines is 1. The fraction of sp³-hybridized carbons (Fsp3) is 0.769. The predicted molar refractivity (Wildman–Crippen MR) is 71.2 cm³/mol. The lowest BCUT2D eigenvalue weighted by Gasteiger charge is -2.34. The van der Waals surface area contributed by atoms with Crippen molar-refractivity contribution in [1.82, 2.24) is 10.3 Å². The van der Waals surface area contributed by atoms with Crippen LogP contribution < -0.4 is 10.2 Å². The van der Waals surface area contributed by atoms with Gasteiger partial charge in [-0.1, -0.05) is 27.7 Å². The van der Waals surface area contributed by atoms with Gasteiger partial charge in [-0.2, -0.15) is 4.98 Å². The summed E-state index contributed by atoms with van der Waals surface area (Å²) in [7, 11) is 2.03. The van der Waals surface area contributed by atoms with Crippen molar-refractivity contribution in [3.8, 4) is 0 Å². The molecule has 1 aromatic rings. The topological polar surface area (TPSA) is 41.3 Å². The summed E-state index contributed by atoms with van der Waals surface area (Å²) in [5, 5.41) is 3.24. The van der Waals surface area contributed by atoms with Crippen molar-refractivity contribution in [3.63, 3.8) is 0 Å². The Hall–Kier alpha value is -1.03. The van der Waals surface area contributed by atoms with E-state index in [1.165, 1.54) is 0 Å². The molecule has 0 aromatic carbocycles. The number of hydrogen-bond acceptors (Lipinski definition) is 4. The maximum absolute atomic E-state index is 5.51. The Balaban J connectivity index is 2.69. The molecule has 0 spiro atoms. The van der Waals surface area contributed by atoms with Crippen molar-refractivity contribution in [2.75, 3.05) is 18.5 Å². The van der Waals surface area contributed by atoms with Crippen molar-refractivity contribution in [3.05, 3.63) is 12.0 Å². The third-order valence-electron chi connectivity index (χ3n) is 3.23. The first kappa shape index (κ1) is 14.0. The van der Waals surface area contributed by atoms with Crippen molar-refractivity contribution < 1.29 is 4.42 Å². The average molecular weight is 239 g/mol. The molecule has 1 rings (SSSR count). The van der Waals surface area contributed by atoms with E-state index in [2.05, 4.69) is 49.8 Å². The maximum Gasteiger partial charge on any atom is 0.297 e. The minimum absolute atomic E-state index is 0.199. The molecule has 0 radical (unpaired) electrons. The van der Waals surface area contributed by atoms with E-state index in [0.29, 0.717) is 12.1 Å². The zero-order valence-electron chi connectivity index (χ0n) is 11.9. The average Bonchev–Trinajstić information content (AvgIpc) is 2.71. The highest BCUT2D eigenvalue weighted by Gasteiger charge is 2.26. The zero-order chi connectivity index (χ0) is 13.1. The summed E-state index contributed by atoms with van der Waals surface area (Å²) < 4.78 is 5.51. The summed E-state index contributed by atoms with van der Waals surface area (Å²) in [6, 6.07) is 1.06. The molecule has 1 atom stereocenters. The Morgan fingerprint density at radius 2 is 2.12 bits per heavy atom. The van der Waals surface area contributed by atoms with Crippen LogP contribution in [0.4, 0.5) is 6.01 Å². The van der Waals surface area contributed by atoms with Crippen LogP contribution in [-0.2, 0) is 6.54 Å². The first-order chi connectivity index (χ1) is 7.86. The second-order valence-corrected chi connectivity index (χ2v) is 5.55. The minimum atomic E-state index is 0.199. The second-order valence-electron chi connectivity index (χ2n) is 5.55. The highest BCUT2D eigenvalue weighted by atomic mass is 16.4. The van der Waals surface area contributed by atoms with Crippen molar-refractivity contribution in [2.24, 2.45) is 5.41 Å². The molecule has 98 valence electrons. The summed E-state index contributed by atoms with van der Waals surface area (Å²) in [5.41, 5.74) is 1.15. The number of hydrogen-bond donors (Lipinski definition) is 1. The highest BCUT2D eigenvalue weighted by molar-refractivity contribution is 5.28. The third kappa shape index (κ3) is 3.73. The number of nitrogens with one attached hydrogen (secondary N) is 1. The number of aromatic nitrogens is 1. The smallest absolute Gasteiger partial charge is 0.297 e. The zero-order valence-corrected chi connectivity index (χ0v) is 11.9. The lowest BCUT2D eigenvalue weighted by molar-refractivity contribution is 0.318. The number of oxazole rings is 1. The van der Waals surface area contributed by atoms with Gasteiger partial charge >= 0.3 is 0 Å². The van der Waals surface area contributed by atoms with Crippen LogP contribution in [0.15, 0.2) is 10.7 Å². The molecule has 0 bridgehead atoms. The molecule has 0 fully saturated rings. The van der Waals surface area contributed by atoms with Crippen molar-refractivity contribution in [2.45, 2.75) is 47.2 Å². The van der Waals surface area contributed by atoms with E-state index in [0.717, 1.165) is 18.8 Å². The SMILES string of the molecule is CCNCc1coc(N(C)C(C)C(C)(C)C)n1. The maximum atomic E-state index is 5.51. The Morgan fingerprint density at radius 1 is 1.47 bits per heavy atom. The van der Waals surface area contributed by atoms with Crippen LogP contribution >= 0.6 is 0 Å². The quantitative estimate of drug-likeness (QED) is 0.857. The van der Waals surface area contributed by atoms with Gasteiger partial charge < -0.3 is 14.6 Å². The van der Waals surface area contributed by atoms with Crippen LogP contribution in [0.5, 0.6) is 0 Å². The normalized spacial score (nSPS) is 13.8. The molecule has 0 saturated carbocycles. The molecule has 4 nitrogen and oxygen atoms in total. The van der Waals surface area contributed by atoms with Gasteiger partial charge in [0.15, 0.2) is 0 Å². The van der Waals surface area contributed by atoms with Gasteiger partial charge in [-0.25, -0.2) is 0 Å². The Bertz CT molecular complexity index is 341. The van der Waals surface area contributed by atoms with Gasteiger partial charge in [0.05, 0.1) is 5.69 Å². The molecule has 0 amide bonds. The molecular formula is C13H25N3O. The van der Waals surface area contributed by atoms with Crippen molar-refractivity contribution in [1.29, 1.82) is 0 Å². The van der Waals surface area contributed by atoms with Gasteiger partial charge in [0.2, 0.25) is 0 Å². The lowest BCUT2D eigenvalue weighted by atomic mass is 9.87. The van der Waals surface area contributed by atoms with E-state index in [9.17, 15) is 0 Å². The molecule has 0 saturated heterocycles. The van der Waals surface area contributed by atoms with Gasteiger partial charge in [-0.05, 0) is 18.9 Å². The largest absolute Gasteiger partial charge is 0.432 e. The molecule has 1 aromatic heterocycles. The Kier molecular flexibility index (Phi) is 4.57. The number of nitrogens with zero attached hydrogens (tertiary/aromatic N) is 2. The summed E-state index contributed by atoms with van der Waals surface area (Å²) in [5.74, 6) is 0.